The van der Waals surface area contributed by atoms with Crippen molar-refractivity contribution < 1.29 is 23.2 Å². The van der Waals surface area contributed by atoms with Gasteiger partial charge in [0.25, 0.3) is 11.8 Å². The van der Waals surface area contributed by atoms with Crippen LogP contribution in [0.15, 0.2) is 66.2 Å². The molecule has 0 spiro atoms. The van der Waals surface area contributed by atoms with Gasteiger partial charge < -0.3 is 15.5 Å². The molecule has 0 bridgehead atoms. The highest BCUT2D eigenvalue weighted by atomic mass is 35.5. The van der Waals surface area contributed by atoms with Crippen molar-refractivity contribution in [1.29, 1.82) is 0 Å². The molecule has 1 aliphatic heterocycles. The fraction of sp³-hybridized carbons (Fsp3) is 0.179. The van der Waals surface area contributed by atoms with E-state index in [0.717, 1.165) is 39.5 Å². The smallest absolute Gasteiger partial charge is 0.270 e. The summed E-state index contributed by atoms with van der Waals surface area (Å²) in [5.41, 5.74) is 3.83. The second kappa shape index (κ2) is 10.2. The number of oxime groups is 1. The third-order valence-corrected chi connectivity index (χ3v) is 7.13. The van der Waals surface area contributed by atoms with Gasteiger partial charge >= 0.3 is 0 Å². The summed E-state index contributed by atoms with van der Waals surface area (Å²) in [5.74, 6) is -1.97. The van der Waals surface area contributed by atoms with E-state index in [-0.39, 0.29) is 34.6 Å². The predicted molar refractivity (Wildman–Crippen MR) is 142 cm³/mol. The fourth-order valence-corrected chi connectivity index (χ4v) is 5.04. The summed E-state index contributed by atoms with van der Waals surface area (Å²) in [6.07, 6.45) is 2.88. The molecule has 1 aliphatic carbocycles. The Hall–Kier alpha value is -4.64. The number of aryl methyl sites for hydroxylation is 1. The summed E-state index contributed by atoms with van der Waals surface area (Å²) in [7, 11) is 0. The van der Waals surface area contributed by atoms with Crippen molar-refractivity contribution in [3.63, 3.8) is 0 Å². The molecule has 0 saturated heterocycles. The van der Waals surface area contributed by atoms with Crippen molar-refractivity contribution in [2.24, 2.45) is 5.16 Å². The maximum Gasteiger partial charge on any atom is 0.270 e. The molecule has 40 heavy (non-hydrogen) atoms. The first kappa shape index (κ1) is 25.6. The summed E-state index contributed by atoms with van der Waals surface area (Å²) in [6.45, 7) is 3.80. The number of amides is 2. The minimum atomic E-state index is -0.783. The number of rotatable bonds is 6. The van der Waals surface area contributed by atoms with Crippen molar-refractivity contribution in [3.05, 3.63) is 111 Å². The third kappa shape index (κ3) is 4.79. The van der Waals surface area contributed by atoms with Crippen LogP contribution < -0.4 is 10.6 Å². The highest BCUT2D eigenvalue weighted by Gasteiger charge is 2.28. The van der Waals surface area contributed by atoms with Crippen molar-refractivity contribution in [3.8, 4) is 0 Å². The van der Waals surface area contributed by atoms with Crippen LogP contribution in [-0.4, -0.2) is 32.1 Å². The molecule has 6 rings (SSSR count). The molecule has 0 unspecified atom stereocenters. The molecule has 4 aromatic rings. The maximum absolute atomic E-state index is 14.5. The Morgan fingerprint density at radius 3 is 2.75 bits per heavy atom. The Morgan fingerprint density at radius 1 is 1.12 bits per heavy atom. The van der Waals surface area contributed by atoms with Crippen molar-refractivity contribution >= 4 is 34.8 Å². The monoisotopic (exact) mass is 562 g/mol. The number of nitrogens with one attached hydrogen (secondary N) is 2. The number of nitrogens with zero attached hydrogens (tertiary/aromatic N) is 4. The van der Waals surface area contributed by atoms with Crippen molar-refractivity contribution in [1.82, 2.24) is 25.2 Å². The molecule has 2 aromatic carbocycles. The quantitative estimate of drug-likeness (QED) is 0.356. The van der Waals surface area contributed by atoms with Gasteiger partial charge in [0.2, 0.25) is 0 Å². The standard InChI is InChI=1S/C28H21ClF2N6O3/c1-14-8-23(36-40-14)17-3-5-18-16(10-17)4-7-22(18)35-28(39)25-11-24(34-26-21(31)13-33-37(25)26)27(38)32-12-15-2-6-20(30)19(29)9-15/h2-3,5-6,9-11,13,22H,1,4,7-8,12H2,(H,32,38)(H,35,39)/t22-/m0/s1. The summed E-state index contributed by atoms with van der Waals surface area (Å²) in [6, 6.07) is 10.9. The summed E-state index contributed by atoms with van der Waals surface area (Å²) in [5, 5.41) is 13.5. The highest BCUT2D eigenvalue weighted by molar-refractivity contribution is 6.30. The van der Waals surface area contributed by atoms with Gasteiger partial charge in [0.05, 0.1) is 29.4 Å². The van der Waals surface area contributed by atoms with Crippen LogP contribution >= 0.6 is 11.6 Å². The average molecular weight is 563 g/mol. The van der Waals surface area contributed by atoms with Gasteiger partial charge in [-0.1, -0.05) is 41.5 Å². The lowest BCUT2D eigenvalue weighted by molar-refractivity contribution is 0.0929. The number of hydrogen-bond donors (Lipinski definition) is 2. The fourth-order valence-electron chi connectivity index (χ4n) is 4.84. The lowest BCUT2D eigenvalue weighted by Gasteiger charge is -2.15. The summed E-state index contributed by atoms with van der Waals surface area (Å²) < 4.78 is 29.0. The molecular weight excluding hydrogens is 542 g/mol. The first-order valence-electron chi connectivity index (χ1n) is 12.4. The van der Waals surface area contributed by atoms with Gasteiger partial charge in [-0.05, 0) is 47.7 Å². The van der Waals surface area contributed by atoms with E-state index in [0.29, 0.717) is 24.2 Å². The van der Waals surface area contributed by atoms with E-state index in [4.69, 9.17) is 16.4 Å². The number of carbonyl (C=O) groups is 2. The number of benzene rings is 2. The van der Waals surface area contributed by atoms with Crippen LogP contribution in [0.5, 0.6) is 0 Å². The molecule has 12 heteroatoms. The zero-order valence-corrected chi connectivity index (χ0v) is 21.6. The molecule has 2 aromatic heterocycles. The Balaban J connectivity index is 1.22. The number of allylic oxidation sites excluding steroid dienone is 1. The molecule has 0 radical (unpaired) electrons. The lowest BCUT2D eigenvalue weighted by Crippen LogP contribution is -2.30. The van der Waals surface area contributed by atoms with E-state index in [2.05, 4.69) is 32.5 Å². The average Bonchev–Trinajstić information content (AvgIpc) is 3.67. The van der Waals surface area contributed by atoms with Crippen LogP contribution in [0, 0.1) is 11.6 Å². The van der Waals surface area contributed by atoms with Gasteiger partial charge in [-0.15, -0.1) is 0 Å². The van der Waals surface area contributed by atoms with Gasteiger partial charge in [-0.2, -0.15) is 5.10 Å². The van der Waals surface area contributed by atoms with E-state index >= 15 is 0 Å². The van der Waals surface area contributed by atoms with Gasteiger partial charge in [0, 0.05) is 18.2 Å². The summed E-state index contributed by atoms with van der Waals surface area (Å²) in [4.78, 5) is 35.5. The molecule has 202 valence electrons. The van der Waals surface area contributed by atoms with Gasteiger partial charge in [-0.3, -0.25) is 9.59 Å². The number of carbonyl (C=O) groups excluding carboxylic acids is 2. The van der Waals surface area contributed by atoms with E-state index in [1.807, 2.05) is 18.2 Å². The van der Waals surface area contributed by atoms with Gasteiger partial charge in [-0.25, -0.2) is 18.3 Å². The van der Waals surface area contributed by atoms with Crippen LogP contribution in [0.4, 0.5) is 8.78 Å². The molecule has 1 atom stereocenters. The zero-order chi connectivity index (χ0) is 28.0. The molecule has 3 heterocycles. The second-order valence-corrected chi connectivity index (χ2v) is 9.92. The molecule has 0 saturated carbocycles. The minimum absolute atomic E-state index is 0.0163. The SMILES string of the molecule is C=C1CC(c2ccc3c(c2)CC[C@@H]3NC(=O)c2cc(C(=O)NCc3ccc(F)c(Cl)c3)nc3c(F)cnn23)=NO1. The van der Waals surface area contributed by atoms with Crippen LogP contribution in [0.3, 0.4) is 0 Å². The first-order valence-corrected chi connectivity index (χ1v) is 12.8. The molecular formula is C28H21ClF2N6O3. The second-order valence-electron chi connectivity index (χ2n) is 9.51. The van der Waals surface area contributed by atoms with Crippen LogP contribution in [-0.2, 0) is 17.8 Å². The molecule has 9 nitrogen and oxygen atoms in total. The van der Waals surface area contributed by atoms with E-state index in [1.165, 1.54) is 24.3 Å². The van der Waals surface area contributed by atoms with E-state index in [1.54, 1.807) is 0 Å². The van der Waals surface area contributed by atoms with Gasteiger partial charge in [0.1, 0.15) is 23.0 Å². The van der Waals surface area contributed by atoms with E-state index < -0.39 is 23.4 Å². The van der Waals surface area contributed by atoms with Crippen molar-refractivity contribution in [2.45, 2.75) is 31.8 Å². The topological polar surface area (TPSA) is 110 Å². The van der Waals surface area contributed by atoms with Crippen LogP contribution in [0.2, 0.25) is 5.02 Å². The Kier molecular flexibility index (Phi) is 6.51. The number of fused-ring (bicyclic) bond motifs is 2. The van der Waals surface area contributed by atoms with Crippen LogP contribution in [0.1, 0.15) is 62.1 Å². The molecule has 2 amide bonds. The number of hydrogen-bond acceptors (Lipinski definition) is 6. The largest absolute Gasteiger partial charge is 0.361 e. The first-order chi connectivity index (χ1) is 19.3. The third-order valence-electron chi connectivity index (χ3n) is 6.84. The Labute approximate surface area is 231 Å². The predicted octanol–water partition coefficient (Wildman–Crippen LogP) is 4.65. The summed E-state index contributed by atoms with van der Waals surface area (Å²) >= 11 is 5.81. The molecule has 2 N–H and O–H groups in total. The minimum Gasteiger partial charge on any atom is -0.361 e. The lowest BCUT2D eigenvalue weighted by atomic mass is 10.0. The number of halogens is 3. The number of aromatic nitrogens is 3. The Morgan fingerprint density at radius 2 is 1.98 bits per heavy atom. The normalized spacial score (nSPS) is 16.0. The van der Waals surface area contributed by atoms with E-state index in [9.17, 15) is 18.4 Å². The highest BCUT2D eigenvalue weighted by Crippen LogP contribution is 2.33. The van der Waals surface area contributed by atoms with Gasteiger partial charge in [0.15, 0.2) is 11.5 Å². The molecule has 2 aliphatic rings. The molecule has 0 fully saturated rings. The van der Waals surface area contributed by atoms with Crippen LogP contribution in [0.25, 0.3) is 5.65 Å². The van der Waals surface area contributed by atoms with Crippen molar-refractivity contribution in [2.75, 3.05) is 0 Å². The maximum atomic E-state index is 14.5. The zero-order valence-electron chi connectivity index (χ0n) is 20.9. The Bertz CT molecular complexity index is 1750.